The lowest BCUT2D eigenvalue weighted by Crippen LogP contribution is -2.24. The van der Waals surface area contributed by atoms with Gasteiger partial charge in [0.25, 0.3) is 0 Å². The summed E-state index contributed by atoms with van der Waals surface area (Å²) in [6.07, 6.45) is 5.06. The van der Waals surface area contributed by atoms with Crippen molar-refractivity contribution >= 4 is 23.2 Å². The van der Waals surface area contributed by atoms with Crippen molar-refractivity contribution in [1.29, 1.82) is 0 Å². The number of carbonyl (C=O) groups is 1. The highest BCUT2D eigenvalue weighted by molar-refractivity contribution is 5.77. The van der Waals surface area contributed by atoms with Gasteiger partial charge in [-0.3, -0.25) is 0 Å². The van der Waals surface area contributed by atoms with Gasteiger partial charge in [0, 0.05) is 6.54 Å². The van der Waals surface area contributed by atoms with E-state index >= 15 is 0 Å². The normalized spacial score (nSPS) is 11.0. The number of nitrogens with zero attached hydrogens (tertiary/aromatic N) is 1. The fourth-order valence-electron chi connectivity index (χ4n) is 2.17. The SMILES string of the molecule is O=C(NCC=Cc1ccc2nc[nH]c2c1)OCc1ccccc1. The summed E-state index contributed by atoms with van der Waals surface area (Å²) in [5, 5.41) is 2.69. The predicted octanol–water partition coefficient (Wildman–Crippen LogP) is 3.50. The lowest BCUT2D eigenvalue weighted by Gasteiger charge is -2.05. The van der Waals surface area contributed by atoms with Crippen LogP contribution in [0, 0.1) is 0 Å². The number of nitrogens with one attached hydrogen (secondary N) is 2. The quantitative estimate of drug-likeness (QED) is 0.758. The molecule has 0 bridgehead atoms. The Bertz CT molecular complexity index is 809. The predicted molar refractivity (Wildman–Crippen MR) is 89.8 cm³/mol. The summed E-state index contributed by atoms with van der Waals surface area (Å²) in [7, 11) is 0. The van der Waals surface area contributed by atoms with Gasteiger partial charge in [0.1, 0.15) is 6.61 Å². The minimum Gasteiger partial charge on any atom is -0.445 e. The summed E-state index contributed by atoms with van der Waals surface area (Å²) < 4.78 is 5.13. The van der Waals surface area contributed by atoms with Crippen LogP contribution in [-0.4, -0.2) is 22.6 Å². The first-order chi connectivity index (χ1) is 11.3. The van der Waals surface area contributed by atoms with Gasteiger partial charge in [0.15, 0.2) is 0 Å². The van der Waals surface area contributed by atoms with Crippen molar-refractivity contribution in [2.45, 2.75) is 6.61 Å². The van der Waals surface area contributed by atoms with Crippen molar-refractivity contribution in [1.82, 2.24) is 15.3 Å². The van der Waals surface area contributed by atoms with Crippen molar-refractivity contribution in [2.24, 2.45) is 0 Å². The minimum absolute atomic E-state index is 0.271. The third-order valence-corrected chi connectivity index (χ3v) is 3.33. The molecule has 2 aromatic carbocycles. The van der Waals surface area contributed by atoms with Gasteiger partial charge in [0.2, 0.25) is 0 Å². The summed E-state index contributed by atoms with van der Waals surface area (Å²) in [5.41, 5.74) is 3.93. The molecule has 0 unspecified atom stereocenters. The highest BCUT2D eigenvalue weighted by Crippen LogP contribution is 2.12. The molecule has 1 aromatic heterocycles. The van der Waals surface area contributed by atoms with Crippen LogP contribution in [0.1, 0.15) is 11.1 Å². The average Bonchev–Trinajstić information content (AvgIpc) is 3.05. The summed E-state index contributed by atoms with van der Waals surface area (Å²) in [6, 6.07) is 15.5. The Hall–Kier alpha value is -3.08. The standard InChI is InChI=1S/C18H17N3O2/c22-18(23-12-15-5-2-1-3-6-15)19-10-4-7-14-8-9-16-17(11-14)21-13-20-16/h1-9,11,13H,10,12H2,(H,19,22)(H,20,21). The topological polar surface area (TPSA) is 67.0 Å². The van der Waals surface area contributed by atoms with Gasteiger partial charge in [-0.2, -0.15) is 0 Å². The van der Waals surface area contributed by atoms with E-state index in [1.165, 1.54) is 0 Å². The summed E-state index contributed by atoms with van der Waals surface area (Å²) in [6.45, 7) is 0.682. The first kappa shape index (κ1) is 14.8. The van der Waals surface area contributed by atoms with Crippen LogP contribution in [0.25, 0.3) is 17.1 Å². The fraction of sp³-hybridized carbons (Fsp3) is 0.111. The molecule has 3 rings (SSSR count). The number of ether oxygens (including phenoxy) is 1. The number of H-pyrrole nitrogens is 1. The Labute approximate surface area is 134 Å². The van der Waals surface area contributed by atoms with E-state index < -0.39 is 6.09 Å². The van der Waals surface area contributed by atoms with Gasteiger partial charge in [-0.25, -0.2) is 9.78 Å². The molecular weight excluding hydrogens is 290 g/mol. The smallest absolute Gasteiger partial charge is 0.407 e. The number of carbonyl (C=O) groups excluding carboxylic acids is 1. The number of hydrogen-bond acceptors (Lipinski definition) is 3. The van der Waals surface area contributed by atoms with Crippen molar-refractivity contribution in [3.05, 3.63) is 72.1 Å². The Balaban J connectivity index is 1.44. The van der Waals surface area contributed by atoms with Crippen molar-refractivity contribution in [2.75, 3.05) is 6.54 Å². The number of alkyl carbamates (subject to hydrolysis) is 1. The molecule has 0 aliphatic heterocycles. The molecule has 1 heterocycles. The van der Waals surface area contributed by atoms with Crippen molar-refractivity contribution in [3.8, 4) is 0 Å². The molecule has 0 fully saturated rings. The van der Waals surface area contributed by atoms with Gasteiger partial charge in [0.05, 0.1) is 17.4 Å². The lowest BCUT2D eigenvalue weighted by molar-refractivity contribution is 0.141. The van der Waals surface area contributed by atoms with E-state index in [1.807, 2.05) is 60.7 Å². The number of fused-ring (bicyclic) bond motifs is 1. The second kappa shape index (κ2) is 7.26. The number of hydrogen-bond donors (Lipinski definition) is 2. The number of aromatic amines is 1. The highest BCUT2D eigenvalue weighted by Gasteiger charge is 2.00. The molecule has 0 aliphatic rings. The number of benzene rings is 2. The zero-order valence-electron chi connectivity index (χ0n) is 12.5. The Morgan fingerprint density at radius 3 is 2.96 bits per heavy atom. The van der Waals surface area contributed by atoms with E-state index in [0.717, 1.165) is 22.2 Å². The number of amides is 1. The highest BCUT2D eigenvalue weighted by atomic mass is 16.5. The van der Waals surface area contributed by atoms with Crippen LogP contribution in [-0.2, 0) is 11.3 Å². The van der Waals surface area contributed by atoms with Crippen LogP contribution in [0.3, 0.4) is 0 Å². The summed E-state index contributed by atoms with van der Waals surface area (Å²) in [4.78, 5) is 18.8. The molecule has 0 atom stereocenters. The van der Waals surface area contributed by atoms with Gasteiger partial charge in [-0.15, -0.1) is 0 Å². The zero-order valence-corrected chi connectivity index (χ0v) is 12.5. The fourth-order valence-corrected chi connectivity index (χ4v) is 2.17. The van der Waals surface area contributed by atoms with Gasteiger partial charge in [-0.1, -0.05) is 48.6 Å². The Kier molecular flexibility index (Phi) is 4.69. The molecule has 23 heavy (non-hydrogen) atoms. The first-order valence-corrected chi connectivity index (χ1v) is 7.35. The van der Waals surface area contributed by atoms with Crippen LogP contribution in [0.5, 0.6) is 0 Å². The zero-order chi connectivity index (χ0) is 15.9. The van der Waals surface area contributed by atoms with E-state index in [9.17, 15) is 4.79 Å². The Morgan fingerprint density at radius 2 is 2.09 bits per heavy atom. The monoisotopic (exact) mass is 307 g/mol. The largest absolute Gasteiger partial charge is 0.445 e. The minimum atomic E-state index is -0.428. The molecule has 0 aliphatic carbocycles. The van der Waals surface area contributed by atoms with E-state index in [-0.39, 0.29) is 6.61 Å². The van der Waals surface area contributed by atoms with Crippen LogP contribution >= 0.6 is 0 Å². The number of rotatable bonds is 5. The summed E-state index contributed by atoms with van der Waals surface area (Å²) >= 11 is 0. The van der Waals surface area contributed by atoms with Crippen LogP contribution in [0.4, 0.5) is 4.79 Å². The molecule has 3 aromatic rings. The van der Waals surface area contributed by atoms with Gasteiger partial charge in [-0.05, 0) is 23.3 Å². The van der Waals surface area contributed by atoms with E-state index in [1.54, 1.807) is 6.33 Å². The Morgan fingerprint density at radius 1 is 1.22 bits per heavy atom. The molecule has 5 nitrogen and oxygen atoms in total. The van der Waals surface area contributed by atoms with Crippen LogP contribution < -0.4 is 5.32 Å². The number of aromatic nitrogens is 2. The van der Waals surface area contributed by atoms with E-state index in [2.05, 4.69) is 15.3 Å². The van der Waals surface area contributed by atoms with E-state index in [4.69, 9.17) is 4.74 Å². The van der Waals surface area contributed by atoms with Gasteiger partial charge < -0.3 is 15.0 Å². The van der Waals surface area contributed by atoms with Crippen LogP contribution in [0.15, 0.2) is 60.9 Å². The molecular formula is C18H17N3O2. The van der Waals surface area contributed by atoms with E-state index in [0.29, 0.717) is 6.54 Å². The molecule has 0 radical (unpaired) electrons. The van der Waals surface area contributed by atoms with Crippen molar-refractivity contribution in [3.63, 3.8) is 0 Å². The second-order valence-electron chi connectivity index (χ2n) is 5.02. The lowest BCUT2D eigenvalue weighted by atomic mass is 10.2. The second-order valence-corrected chi connectivity index (χ2v) is 5.02. The molecule has 0 saturated carbocycles. The molecule has 0 saturated heterocycles. The third kappa shape index (κ3) is 4.20. The average molecular weight is 307 g/mol. The summed E-state index contributed by atoms with van der Waals surface area (Å²) in [5.74, 6) is 0. The maximum atomic E-state index is 11.6. The molecule has 1 amide bonds. The maximum Gasteiger partial charge on any atom is 0.407 e. The van der Waals surface area contributed by atoms with Gasteiger partial charge >= 0.3 is 6.09 Å². The first-order valence-electron chi connectivity index (χ1n) is 7.35. The third-order valence-electron chi connectivity index (χ3n) is 3.33. The maximum absolute atomic E-state index is 11.6. The van der Waals surface area contributed by atoms with Crippen LogP contribution in [0.2, 0.25) is 0 Å². The molecule has 5 heteroatoms. The molecule has 116 valence electrons. The molecule has 2 N–H and O–H groups in total. The number of imidazole rings is 1. The van der Waals surface area contributed by atoms with Crippen molar-refractivity contribution < 1.29 is 9.53 Å². The molecule has 0 spiro atoms.